The molecule has 35 heavy (non-hydrogen) atoms. The molecular weight excluding hydrogens is 450 g/mol. The standard InChI is InChI=1S/C27H26F2N4O2/c1-15-23(30-16(2)24(15)27(35)33-9-7-32(3)8-10-33)14-21-25-20(5-4-6-22(25)31-26(21)34)17-11-18(28)13-19(29)12-17/h4-6,11-14,30H,7-10H2,1-3H3,(H,31,34)/b21-14-. The number of benzene rings is 2. The Labute approximate surface area is 202 Å². The molecule has 3 aromatic rings. The number of hydrogen-bond donors (Lipinski definition) is 2. The van der Waals surface area contributed by atoms with Gasteiger partial charge in [0.25, 0.3) is 11.8 Å². The van der Waals surface area contributed by atoms with Crippen molar-refractivity contribution >= 4 is 29.2 Å². The number of carbonyl (C=O) groups excluding carboxylic acids is 2. The van der Waals surface area contributed by atoms with Crippen molar-refractivity contribution in [3.63, 3.8) is 0 Å². The average molecular weight is 477 g/mol. The van der Waals surface area contributed by atoms with Gasteiger partial charge >= 0.3 is 0 Å². The van der Waals surface area contributed by atoms with Gasteiger partial charge in [-0.2, -0.15) is 0 Å². The Morgan fingerprint density at radius 2 is 1.71 bits per heavy atom. The van der Waals surface area contributed by atoms with Crippen molar-refractivity contribution in [3.8, 4) is 11.1 Å². The van der Waals surface area contributed by atoms with Crippen LogP contribution in [-0.4, -0.2) is 59.8 Å². The molecule has 6 nitrogen and oxygen atoms in total. The molecule has 8 heteroatoms. The van der Waals surface area contributed by atoms with Crippen LogP contribution < -0.4 is 5.32 Å². The minimum atomic E-state index is -0.691. The number of amides is 2. The van der Waals surface area contributed by atoms with Gasteiger partial charge in [-0.3, -0.25) is 9.59 Å². The summed E-state index contributed by atoms with van der Waals surface area (Å²) in [4.78, 5) is 33.5. The molecule has 1 fully saturated rings. The zero-order chi connectivity index (χ0) is 24.9. The van der Waals surface area contributed by atoms with Crippen molar-refractivity contribution in [1.82, 2.24) is 14.8 Å². The summed E-state index contributed by atoms with van der Waals surface area (Å²) in [6.45, 7) is 6.69. The van der Waals surface area contributed by atoms with Gasteiger partial charge in [0.05, 0.1) is 11.1 Å². The van der Waals surface area contributed by atoms with E-state index < -0.39 is 11.6 Å². The monoisotopic (exact) mass is 476 g/mol. The van der Waals surface area contributed by atoms with Crippen LogP contribution in [0.15, 0.2) is 36.4 Å². The van der Waals surface area contributed by atoms with Crippen molar-refractivity contribution < 1.29 is 18.4 Å². The van der Waals surface area contributed by atoms with Gasteiger partial charge in [-0.05, 0) is 61.9 Å². The van der Waals surface area contributed by atoms with E-state index in [0.717, 1.165) is 30.4 Å². The lowest BCUT2D eigenvalue weighted by molar-refractivity contribution is -0.110. The zero-order valence-electron chi connectivity index (χ0n) is 19.8. The lowest BCUT2D eigenvalue weighted by Crippen LogP contribution is -2.47. The van der Waals surface area contributed by atoms with E-state index in [9.17, 15) is 18.4 Å². The SMILES string of the molecule is Cc1[nH]c(/C=C2\C(=O)Nc3cccc(-c4cc(F)cc(F)c4)c32)c(C)c1C(=O)N1CCN(C)CC1. The number of aryl methyl sites for hydroxylation is 1. The number of hydrogen-bond acceptors (Lipinski definition) is 3. The van der Waals surface area contributed by atoms with Gasteiger partial charge in [0.2, 0.25) is 0 Å². The molecule has 2 amide bonds. The van der Waals surface area contributed by atoms with Crippen LogP contribution >= 0.6 is 0 Å². The minimum absolute atomic E-state index is 0.0267. The number of nitrogens with one attached hydrogen (secondary N) is 2. The summed E-state index contributed by atoms with van der Waals surface area (Å²) in [6.07, 6.45) is 1.71. The van der Waals surface area contributed by atoms with Gasteiger partial charge in [0.1, 0.15) is 11.6 Å². The Bertz CT molecular complexity index is 1360. The maximum Gasteiger partial charge on any atom is 0.256 e. The fraction of sp³-hybridized carbons (Fsp3) is 0.259. The maximum absolute atomic E-state index is 14.0. The Balaban J connectivity index is 1.57. The first-order chi connectivity index (χ1) is 16.7. The quantitative estimate of drug-likeness (QED) is 0.549. The topological polar surface area (TPSA) is 68.4 Å². The first-order valence-electron chi connectivity index (χ1n) is 11.5. The summed E-state index contributed by atoms with van der Waals surface area (Å²) in [5, 5.41) is 2.84. The predicted molar refractivity (Wildman–Crippen MR) is 132 cm³/mol. The molecule has 0 atom stereocenters. The maximum atomic E-state index is 14.0. The third-order valence-electron chi connectivity index (χ3n) is 6.77. The highest BCUT2D eigenvalue weighted by molar-refractivity contribution is 6.36. The van der Waals surface area contributed by atoms with Crippen molar-refractivity contribution in [2.45, 2.75) is 13.8 Å². The number of aromatic amines is 1. The van der Waals surface area contributed by atoms with Crippen molar-refractivity contribution in [3.05, 3.63) is 76.1 Å². The lowest BCUT2D eigenvalue weighted by atomic mass is 9.94. The number of rotatable bonds is 3. The molecule has 3 heterocycles. The number of halogens is 2. The van der Waals surface area contributed by atoms with Crippen molar-refractivity contribution in [2.24, 2.45) is 0 Å². The molecule has 1 saturated heterocycles. The van der Waals surface area contributed by atoms with Gasteiger partial charge in [-0.25, -0.2) is 8.78 Å². The van der Waals surface area contributed by atoms with Crippen LogP contribution in [0.1, 0.15) is 32.9 Å². The van der Waals surface area contributed by atoms with Gasteiger partial charge in [-0.1, -0.05) is 12.1 Å². The van der Waals surface area contributed by atoms with Crippen LogP contribution in [-0.2, 0) is 4.79 Å². The normalized spacial score (nSPS) is 17.1. The molecule has 0 spiro atoms. The van der Waals surface area contributed by atoms with E-state index in [2.05, 4.69) is 15.2 Å². The molecule has 2 aliphatic heterocycles. The summed E-state index contributed by atoms with van der Waals surface area (Å²) >= 11 is 0. The van der Waals surface area contributed by atoms with E-state index >= 15 is 0 Å². The molecule has 2 aromatic carbocycles. The predicted octanol–water partition coefficient (Wildman–Crippen LogP) is 4.46. The summed E-state index contributed by atoms with van der Waals surface area (Å²) < 4.78 is 27.9. The van der Waals surface area contributed by atoms with Crippen LogP contribution in [0.4, 0.5) is 14.5 Å². The second kappa shape index (κ2) is 8.78. The van der Waals surface area contributed by atoms with Crippen molar-refractivity contribution in [2.75, 3.05) is 38.5 Å². The largest absolute Gasteiger partial charge is 0.358 e. The van der Waals surface area contributed by atoms with E-state index in [-0.39, 0.29) is 11.8 Å². The molecule has 180 valence electrons. The molecule has 5 rings (SSSR count). The Kier molecular flexibility index (Phi) is 5.76. The number of likely N-dealkylation sites (N-methyl/N-ethyl adjacent to an activating group) is 1. The van der Waals surface area contributed by atoms with Crippen LogP contribution in [0.25, 0.3) is 22.8 Å². The highest BCUT2D eigenvalue weighted by Gasteiger charge is 2.30. The molecule has 2 aliphatic rings. The van der Waals surface area contributed by atoms with Crippen LogP contribution in [0.3, 0.4) is 0 Å². The molecular formula is C27H26F2N4O2. The van der Waals surface area contributed by atoms with E-state index in [0.29, 0.717) is 52.3 Å². The van der Waals surface area contributed by atoms with E-state index in [1.807, 2.05) is 25.8 Å². The van der Waals surface area contributed by atoms with E-state index in [4.69, 9.17) is 0 Å². The minimum Gasteiger partial charge on any atom is -0.358 e. The summed E-state index contributed by atoms with van der Waals surface area (Å²) in [5.74, 6) is -1.73. The number of nitrogens with zero attached hydrogens (tertiary/aromatic N) is 2. The number of fused-ring (bicyclic) bond motifs is 1. The second-order valence-corrected chi connectivity index (χ2v) is 9.16. The Hall–Kier alpha value is -3.78. The van der Waals surface area contributed by atoms with E-state index in [1.54, 1.807) is 24.3 Å². The Morgan fingerprint density at radius 3 is 2.40 bits per heavy atom. The number of piperazine rings is 1. The Morgan fingerprint density at radius 1 is 1.03 bits per heavy atom. The molecule has 2 N–H and O–H groups in total. The fourth-order valence-electron chi connectivity index (χ4n) is 4.89. The number of aromatic nitrogens is 1. The van der Waals surface area contributed by atoms with Gasteiger partial charge in [0.15, 0.2) is 0 Å². The molecule has 0 unspecified atom stereocenters. The third kappa shape index (κ3) is 4.14. The third-order valence-corrected chi connectivity index (χ3v) is 6.77. The highest BCUT2D eigenvalue weighted by atomic mass is 19.1. The molecule has 0 bridgehead atoms. The first kappa shape index (κ1) is 23.0. The smallest absolute Gasteiger partial charge is 0.256 e. The molecule has 1 aromatic heterocycles. The van der Waals surface area contributed by atoms with Crippen LogP contribution in [0.5, 0.6) is 0 Å². The number of H-pyrrole nitrogens is 1. The number of anilines is 1. The summed E-state index contributed by atoms with van der Waals surface area (Å²) in [6, 6.07) is 8.53. The van der Waals surface area contributed by atoms with E-state index in [1.165, 1.54) is 12.1 Å². The van der Waals surface area contributed by atoms with Crippen LogP contribution in [0.2, 0.25) is 0 Å². The molecule has 0 aliphatic carbocycles. The van der Waals surface area contributed by atoms with Gasteiger partial charge in [0, 0.05) is 54.9 Å². The second-order valence-electron chi connectivity index (χ2n) is 9.16. The first-order valence-corrected chi connectivity index (χ1v) is 11.5. The van der Waals surface area contributed by atoms with Gasteiger partial charge < -0.3 is 20.1 Å². The summed E-state index contributed by atoms with van der Waals surface area (Å²) in [7, 11) is 2.04. The lowest BCUT2D eigenvalue weighted by Gasteiger charge is -2.32. The average Bonchev–Trinajstić information content (AvgIpc) is 3.28. The zero-order valence-corrected chi connectivity index (χ0v) is 19.8. The highest BCUT2D eigenvalue weighted by Crippen LogP contribution is 2.41. The van der Waals surface area contributed by atoms with Crippen LogP contribution in [0, 0.1) is 25.5 Å². The molecule has 0 saturated carbocycles. The van der Waals surface area contributed by atoms with Gasteiger partial charge in [-0.15, -0.1) is 0 Å². The summed E-state index contributed by atoms with van der Waals surface area (Å²) in [5.41, 5.74) is 5.14. The molecule has 0 radical (unpaired) electrons. The number of carbonyl (C=O) groups is 2. The fourth-order valence-corrected chi connectivity index (χ4v) is 4.89. The van der Waals surface area contributed by atoms with Crippen molar-refractivity contribution in [1.29, 1.82) is 0 Å².